The molecule has 0 aliphatic rings. The molecule has 0 aliphatic heterocycles. The fraction of sp³-hybridized carbons (Fsp3) is 0. The highest BCUT2D eigenvalue weighted by molar-refractivity contribution is 7.17. The second-order valence-electron chi connectivity index (χ2n) is 2.83. The molecule has 1 aromatic heterocycles. The standard InChI is InChI=1S/C10H6N2OS/c11-3-8-9(12)2-1-7-6(4-13)5-14-10(7)8/h1-2,4-5H,12H2. The van der Waals surface area contributed by atoms with Gasteiger partial charge in [-0.05, 0) is 6.07 Å². The van der Waals surface area contributed by atoms with E-state index in [-0.39, 0.29) is 0 Å². The molecule has 0 saturated carbocycles. The van der Waals surface area contributed by atoms with E-state index in [2.05, 4.69) is 0 Å². The molecule has 1 aromatic carbocycles. The van der Waals surface area contributed by atoms with Gasteiger partial charge in [0.05, 0.1) is 16.0 Å². The molecule has 2 rings (SSSR count). The number of nitrogens with two attached hydrogens (primary N) is 1. The Balaban J connectivity index is 2.92. The Hall–Kier alpha value is -1.86. The number of carbonyl (C=O) groups excluding carboxylic acids is 1. The molecular weight excluding hydrogens is 196 g/mol. The summed E-state index contributed by atoms with van der Waals surface area (Å²) in [5.74, 6) is 0. The van der Waals surface area contributed by atoms with Crippen LogP contribution in [0.25, 0.3) is 10.1 Å². The molecule has 4 heteroatoms. The lowest BCUT2D eigenvalue weighted by molar-refractivity contribution is 0.112. The van der Waals surface area contributed by atoms with Gasteiger partial charge in [0.1, 0.15) is 6.07 Å². The molecule has 0 aliphatic carbocycles. The lowest BCUT2D eigenvalue weighted by atomic mass is 10.1. The fourth-order valence-electron chi connectivity index (χ4n) is 1.34. The molecular formula is C10H6N2OS. The monoisotopic (exact) mass is 202 g/mol. The summed E-state index contributed by atoms with van der Waals surface area (Å²) in [6, 6.07) is 5.47. The highest BCUT2D eigenvalue weighted by Gasteiger charge is 2.09. The van der Waals surface area contributed by atoms with Crippen LogP contribution in [0.5, 0.6) is 0 Å². The van der Waals surface area contributed by atoms with Gasteiger partial charge in [0.15, 0.2) is 6.29 Å². The van der Waals surface area contributed by atoms with Gasteiger partial charge in [-0.2, -0.15) is 5.26 Å². The van der Waals surface area contributed by atoms with Crippen LogP contribution in [0.1, 0.15) is 15.9 Å². The van der Waals surface area contributed by atoms with E-state index >= 15 is 0 Å². The number of aldehydes is 1. The summed E-state index contributed by atoms with van der Waals surface area (Å²) in [5.41, 5.74) is 7.17. The maximum Gasteiger partial charge on any atom is 0.151 e. The quantitative estimate of drug-likeness (QED) is 0.569. The molecule has 14 heavy (non-hydrogen) atoms. The number of nitrogen functional groups attached to an aromatic ring is 1. The van der Waals surface area contributed by atoms with E-state index in [0.717, 1.165) is 16.4 Å². The number of anilines is 1. The molecule has 0 saturated heterocycles. The van der Waals surface area contributed by atoms with Gasteiger partial charge in [0.25, 0.3) is 0 Å². The molecule has 0 unspecified atom stereocenters. The first-order valence-corrected chi connectivity index (χ1v) is 4.81. The third-order valence-electron chi connectivity index (χ3n) is 2.04. The van der Waals surface area contributed by atoms with E-state index in [0.29, 0.717) is 16.8 Å². The number of thiophene rings is 1. The number of fused-ring (bicyclic) bond motifs is 1. The Kier molecular flexibility index (Phi) is 1.95. The highest BCUT2D eigenvalue weighted by atomic mass is 32.1. The fourth-order valence-corrected chi connectivity index (χ4v) is 2.36. The van der Waals surface area contributed by atoms with Gasteiger partial charge in [-0.15, -0.1) is 11.3 Å². The zero-order valence-corrected chi connectivity index (χ0v) is 7.97. The van der Waals surface area contributed by atoms with Gasteiger partial charge < -0.3 is 5.73 Å². The first kappa shape index (κ1) is 8.73. The lowest BCUT2D eigenvalue weighted by Crippen LogP contribution is -1.89. The Morgan fingerprint density at radius 1 is 1.50 bits per heavy atom. The van der Waals surface area contributed by atoms with Crippen molar-refractivity contribution < 1.29 is 4.79 Å². The predicted molar refractivity (Wildman–Crippen MR) is 56.3 cm³/mol. The smallest absolute Gasteiger partial charge is 0.151 e. The summed E-state index contributed by atoms with van der Waals surface area (Å²) >= 11 is 1.37. The van der Waals surface area contributed by atoms with Gasteiger partial charge in [0, 0.05) is 16.3 Å². The van der Waals surface area contributed by atoms with Crippen molar-refractivity contribution in [3.8, 4) is 6.07 Å². The van der Waals surface area contributed by atoms with E-state index in [4.69, 9.17) is 11.0 Å². The summed E-state index contributed by atoms with van der Waals surface area (Å²) in [5, 5.41) is 11.4. The van der Waals surface area contributed by atoms with Crippen molar-refractivity contribution >= 4 is 33.4 Å². The average molecular weight is 202 g/mol. The normalized spacial score (nSPS) is 9.93. The second kappa shape index (κ2) is 3.13. The van der Waals surface area contributed by atoms with E-state index in [1.807, 2.05) is 6.07 Å². The van der Waals surface area contributed by atoms with Crippen LogP contribution in [0.3, 0.4) is 0 Å². The van der Waals surface area contributed by atoms with E-state index in [1.165, 1.54) is 11.3 Å². The second-order valence-corrected chi connectivity index (χ2v) is 3.71. The molecule has 0 radical (unpaired) electrons. The average Bonchev–Trinajstić information content (AvgIpc) is 2.60. The van der Waals surface area contributed by atoms with Crippen LogP contribution in [-0.4, -0.2) is 6.29 Å². The molecule has 2 aromatic rings. The predicted octanol–water partition coefficient (Wildman–Crippen LogP) is 2.17. The zero-order chi connectivity index (χ0) is 10.1. The zero-order valence-electron chi connectivity index (χ0n) is 7.15. The number of hydrogen-bond acceptors (Lipinski definition) is 4. The van der Waals surface area contributed by atoms with Gasteiger partial charge in [0.2, 0.25) is 0 Å². The van der Waals surface area contributed by atoms with Gasteiger partial charge in [-0.3, -0.25) is 4.79 Å². The van der Waals surface area contributed by atoms with Gasteiger partial charge in [-0.1, -0.05) is 6.07 Å². The van der Waals surface area contributed by atoms with Crippen LogP contribution < -0.4 is 5.73 Å². The van der Waals surface area contributed by atoms with Gasteiger partial charge in [-0.25, -0.2) is 0 Å². The molecule has 0 amide bonds. The largest absolute Gasteiger partial charge is 0.398 e. The molecule has 3 nitrogen and oxygen atoms in total. The Morgan fingerprint density at radius 2 is 2.29 bits per heavy atom. The number of nitrogens with zero attached hydrogens (tertiary/aromatic N) is 1. The Bertz CT molecular complexity index is 551. The van der Waals surface area contributed by atoms with Gasteiger partial charge >= 0.3 is 0 Å². The molecule has 0 spiro atoms. The topological polar surface area (TPSA) is 66.9 Å². The molecule has 0 atom stereocenters. The van der Waals surface area contributed by atoms with Crippen molar-refractivity contribution in [2.75, 3.05) is 5.73 Å². The molecule has 0 bridgehead atoms. The van der Waals surface area contributed by atoms with Crippen LogP contribution in [-0.2, 0) is 0 Å². The molecule has 2 N–H and O–H groups in total. The number of carbonyl (C=O) groups is 1. The number of hydrogen-bond donors (Lipinski definition) is 1. The van der Waals surface area contributed by atoms with Crippen LogP contribution >= 0.6 is 11.3 Å². The SMILES string of the molecule is N#Cc1c(N)ccc2c(C=O)csc12. The van der Waals surface area contributed by atoms with Crippen molar-refractivity contribution in [1.29, 1.82) is 5.26 Å². The minimum Gasteiger partial charge on any atom is -0.398 e. The third kappa shape index (κ3) is 1.07. The Morgan fingerprint density at radius 3 is 2.93 bits per heavy atom. The maximum atomic E-state index is 10.7. The van der Waals surface area contributed by atoms with Crippen molar-refractivity contribution in [2.24, 2.45) is 0 Å². The van der Waals surface area contributed by atoms with Crippen molar-refractivity contribution in [3.05, 3.63) is 28.6 Å². The summed E-state index contributed by atoms with van der Waals surface area (Å²) in [6.07, 6.45) is 0.788. The highest BCUT2D eigenvalue weighted by Crippen LogP contribution is 2.30. The molecule has 0 fully saturated rings. The third-order valence-corrected chi connectivity index (χ3v) is 3.07. The van der Waals surface area contributed by atoms with Crippen LogP contribution in [0.2, 0.25) is 0 Å². The molecule has 1 heterocycles. The van der Waals surface area contributed by atoms with Crippen molar-refractivity contribution in [3.63, 3.8) is 0 Å². The first-order valence-electron chi connectivity index (χ1n) is 3.93. The lowest BCUT2D eigenvalue weighted by Gasteiger charge is -1.97. The summed E-state index contributed by atoms with van der Waals surface area (Å²) in [6.45, 7) is 0. The summed E-state index contributed by atoms with van der Waals surface area (Å²) < 4.78 is 0.787. The number of nitriles is 1. The van der Waals surface area contributed by atoms with Crippen molar-refractivity contribution in [2.45, 2.75) is 0 Å². The number of benzene rings is 1. The van der Waals surface area contributed by atoms with Crippen LogP contribution in [0.4, 0.5) is 5.69 Å². The van der Waals surface area contributed by atoms with Crippen molar-refractivity contribution in [1.82, 2.24) is 0 Å². The first-order chi connectivity index (χ1) is 6.77. The summed E-state index contributed by atoms with van der Waals surface area (Å²) in [4.78, 5) is 10.7. The van der Waals surface area contributed by atoms with Crippen LogP contribution in [0, 0.1) is 11.3 Å². The Labute approximate surface area is 84.4 Å². The molecule has 68 valence electrons. The van der Waals surface area contributed by atoms with E-state index in [1.54, 1.807) is 17.5 Å². The minimum atomic E-state index is 0.458. The minimum absolute atomic E-state index is 0.458. The number of rotatable bonds is 1. The summed E-state index contributed by atoms with van der Waals surface area (Å²) in [7, 11) is 0. The maximum absolute atomic E-state index is 10.7. The van der Waals surface area contributed by atoms with E-state index < -0.39 is 0 Å². The van der Waals surface area contributed by atoms with Crippen LogP contribution in [0.15, 0.2) is 17.5 Å². The van der Waals surface area contributed by atoms with E-state index in [9.17, 15) is 4.79 Å².